The van der Waals surface area contributed by atoms with E-state index in [1.807, 2.05) is 0 Å². The zero-order valence-corrected chi connectivity index (χ0v) is 8.93. The molecule has 4 heteroatoms. The van der Waals surface area contributed by atoms with Crippen molar-refractivity contribution in [2.24, 2.45) is 0 Å². The van der Waals surface area contributed by atoms with Crippen LogP contribution < -0.4 is 5.19 Å². The van der Waals surface area contributed by atoms with E-state index in [0.717, 1.165) is 5.19 Å². The normalized spacial score (nSPS) is 11.7. The SMILES string of the molecule is C[Si](C)(C)c1cc(O)c(F)c(O)c1. The Balaban J connectivity index is 3.29. The van der Waals surface area contributed by atoms with Crippen molar-refractivity contribution in [1.82, 2.24) is 0 Å². The maximum absolute atomic E-state index is 12.8. The Bertz CT molecular complexity index is 308. The first-order valence-corrected chi connectivity index (χ1v) is 7.54. The van der Waals surface area contributed by atoms with Crippen molar-refractivity contribution in [2.45, 2.75) is 19.6 Å². The monoisotopic (exact) mass is 200 g/mol. The molecule has 1 rings (SSSR count). The van der Waals surface area contributed by atoms with Crippen LogP contribution in [0.5, 0.6) is 11.5 Å². The summed E-state index contributed by atoms with van der Waals surface area (Å²) in [6.07, 6.45) is 0. The number of benzene rings is 1. The lowest BCUT2D eigenvalue weighted by molar-refractivity contribution is 0.390. The number of phenolic OH excluding ortho intramolecular Hbond substituents is 2. The van der Waals surface area contributed by atoms with Gasteiger partial charge in [0.05, 0.1) is 8.07 Å². The smallest absolute Gasteiger partial charge is 0.206 e. The summed E-state index contributed by atoms with van der Waals surface area (Å²) < 4.78 is 12.8. The second-order valence-electron chi connectivity index (χ2n) is 4.08. The third-order valence-electron chi connectivity index (χ3n) is 1.90. The number of rotatable bonds is 1. The van der Waals surface area contributed by atoms with E-state index in [0.29, 0.717) is 0 Å². The van der Waals surface area contributed by atoms with E-state index < -0.39 is 25.4 Å². The predicted molar refractivity (Wildman–Crippen MR) is 52.7 cm³/mol. The van der Waals surface area contributed by atoms with Crippen LogP contribution in [-0.2, 0) is 0 Å². The summed E-state index contributed by atoms with van der Waals surface area (Å²) in [6.45, 7) is 6.16. The van der Waals surface area contributed by atoms with Gasteiger partial charge in [-0.1, -0.05) is 24.8 Å². The lowest BCUT2D eigenvalue weighted by atomic mass is 10.3. The first kappa shape index (κ1) is 10.1. The van der Waals surface area contributed by atoms with Gasteiger partial charge in [-0.15, -0.1) is 0 Å². The molecule has 0 aliphatic heterocycles. The topological polar surface area (TPSA) is 40.5 Å². The van der Waals surface area contributed by atoms with Crippen LogP contribution in [0.4, 0.5) is 4.39 Å². The van der Waals surface area contributed by atoms with Crippen LogP contribution in [0.2, 0.25) is 19.6 Å². The number of halogens is 1. The molecular formula is C9H13FO2Si. The summed E-state index contributed by atoms with van der Waals surface area (Å²) in [5, 5.41) is 19.1. The molecule has 0 spiro atoms. The molecule has 0 saturated heterocycles. The lowest BCUT2D eigenvalue weighted by Crippen LogP contribution is -2.37. The Labute approximate surface area is 77.7 Å². The summed E-state index contributed by atoms with van der Waals surface area (Å²) in [6, 6.07) is 2.78. The molecule has 0 heterocycles. The molecule has 0 atom stereocenters. The Hall–Kier alpha value is -1.03. The van der Waals surface area contributed by atoms with Crippen LogP contribution in [0, 0.1) is 5.82 Å². The molecule has 0 saturated carbocycles. The molecule has 13 heavy (non-hydrogen) atoms. The van der Waals surface area contributed by atoms with Crippen molar-refractivity contribution in [3.05, 3.63) is 17.9 Å². The van der Waals surface area contributed by atoms with Gasteiger partial charge in [-0.05, 0) is 12.1 Å². The molecule has 0 amide bonds. The standard InChI is InChI=1S/C9H13FO2Si/c1-13(2,3)6-4-7(11)9(10)8(12)5-6/h4-5,11-12H,1-3H3. The van der Waals surface area contributed by atoms with Crippen LogP contribution in [-0.4, -0.2) is 18.3 Å². The van der Waals surface area contributed by atoms with Gasteiger partial charge in [0.1, 0.15) is 0 Å². The fraction of sp³-hybridized carbons (Fsp3) is 0.333. The maximum atomic E-state index is 12.8. The highest BCUT2D eigenvalue weighted by Gasteiger charge is 2.20. The number of hydrogen-bond acceptors (Lipinski definition) is 2. The first-order valence-electron chi connectivity index (χ1n) is 4.04. The van der Waals surface area contributed by atoms with Crippen LogP contribution in [0.25, 0.3) is 0 Å². The summed E-state index contributed by atoms with van der Waals surface area (Å²) in [4.78, 5) is 0. The van der Waals surface area contributed by atoms with Crippen LogP contribution in [0.15, 0.2) is 12.1 Å². The van der Waals surface area contributed by atoms with Crippen molar-refractivity contribution < 1.29 is 14.6 Å². The molecular weight excluding hydrogens is 187 g/mol. The number of aromatic hydroxyl groups is 2. The van der Waals surface area contributed by atoms with Gasteiger partial charge in [0.25, 0.3) is 0 Å². The van der Waals surface area contributed by atoms with Crippen molar-refractivity contribution in [2.75, 3.05) is 0 Å². The van der Waals surface area contributed by atoms with E-state index in [1.54, 1.807) is 0 Å². The minimum absolute atomic E-state index is 0.475. The average molecular weight is 200 g/mol. The van der Waals surface area contributed by atoms with Gasteiger partial charge >= 0.3 is 0 Å². The molecule has 0 radical (unpaired) electrons. The summed E-state index contributed by atoms with van der Waals surface area (Å²) in [5.74, 6) is -1.89. The summed E-state index contributed by atoms with van der Waals surface area (Å²) in [7, 11) is -1.61. The highest BCUT2D eigenvalue weighted by Crippen LogP contribution is 2.23. The Morgan fingerprint density at radius 1 is 1.08 bits per heavy atom. The minimum Gasteiger partial charge on any atom is -0.505 e. The van der Waals surface area contributed by atoms with Crippen molar-refractivity contribution in [3.8, 4) is 11.5 Å². The van der Waals surface area contributed by atoms with Gasteiger partial charge in [0, 0.05) is 0 Å². The molecule has 0 aliphatic carbocycles. The Morgan fingerprint density at radius 3 is 1.77 bits per heavy atom. The number of phenols is 2. The largest absolute Gasteiger partial charge is 0.505 e. The fourth-order valence-corrected chi connectivity index (χ4v) is 2.17. The zero-order valence-electron chi connectivity index (χ0n) is 7.93. The molecule has 1 aromatic carbocycles. The quantitative estimate of drug-likeness (QED) is 0.678. The summed E-state index contributed by atoms with van der Waals surface area (Å²) >= 11 is 0. The van der Waals surface area contributed by atoms with E-state index in [1.165, 1.54) is 12.1 Å². The van der Waals surface area contributed by atoms with E-state index in [4.69, 9.17) is 10.2 Å². The van der Waals surface area contributed by atoms with Crippen LogP contribution in [0.3, 0.4) is 0 Å². The van der Waals surface area contributed by atoms with Gasteiger partial charge < -0.3 is 10.2 Å². The van der Waals surface area contributed by atoms with E-state index in [2.05, 4.69) is 19.6 Å². The molecule has 1 aromatic rings. The molecule has 0 unspecified atom stereocenters. The predicted octanol–water partition coefficient (Wildman–Crippen LogP) is 1.78. The number of hydrogen-bond donors (Lipinski definition) is 2. The first-order chi connectivity index (χ1) is 5.82. The van der Waals surface area contributed by atoms with E-state index >= 15 is 0 Å². The second kappa shape index (κ2) is 3.03. The Kier molecular flexibility index (Phi) is 2.34. The molecule has 0 aliphatic rings. The van der Waals surface area contributed by atoms with Crippen molar-refractivity contribution in [1.29, 1.82) is 0 Å². The third kappa shape index (κ3) is 2.01. The maximum Gasteiger partial charge on any atom is 0.206 e. The Morgan fingerprint density at radius 2 is 1.46 bits per heavy atom. The fourth-order valence-electron chi connectivity index (χ4n) is 1.03. The molecule has 0 bridgehead atoms. The molecule has 0 aromatic heterocycles. The zero-order chi connectivity index (χ0) is 10.2. The highest BCUT2D eigenvalue weighted by molar-refractivity contribution is 6.88. The van der Waals surface area contributed by atoms with Crippen molar-refractivity contribution >= 4 is 13.3 Å². The minimum atomic E-state index is -1.61. The van der Waals surface area contributed by atoms with Crippen LogP contribution >= 0.6 is 0 Å². The molecule has 72 valence electrons. The van der Waals surface area contributed by atoms with Gasteiger partial charge in [0.15, 0.2) is 11.5 Å². The molecule has 0 fully saturated rings. The molecule has 2 nitrogen and oxygen atoms in total. The average Bonchev–Trinajstić information content (AvgIpc) is 1.97. The van der Waals surface area contributed by atoms with Gasteiger partial charge in [-0.2, -0.15) is 4.39 Å². The third-order valence-corrected chi connectivity index (χ3v) is 3.92. The van der Waals surface area contributed by atoms with Gasteiger partial charge in [-0.25, -0.2) is 0 Å². The highest BCUT2D eigenvalue weighted by atomic mass is 28.3. The second-order valence-corrected chi connectivity index (χ2v) is 9.16. The lowest BCUT2D eigenvalue weighted by Gasteiger charge is -2.17. The van der Waals surface area contributed by atoms with Crippen LogP contribution in [0.1, 0.15) is 0 Å². The van der Waals surface area contributed by atoms with Gasteiger partial charge in [0.2, 0.25) is 5.82 Å². The van der Waals surface area contributed by atoms with Crippen molar-refractivity contribution in [3.63, 3.8) is 0 Å². The van der Waals surface area contributed by atoms with Gasteiger partial charge in [-0.3, -0.25) is 0 Å². The molecule has 2 N–H and O–H groups in total. The van der Waals surface area contributed by atoms with E-state index in [-0.39, 0.29) is 0 Å². The summed E-state index contributed by atoms with van der Waals surface area (Å²) in [5.41, 5.74) is 0. The van der Waals surface area contributed by atoms with E-state index in [9.17, 15) is 4.39 Å².